The second-order valence-corrected chi connectivity index (χ2v) is 6.04. The molecule has 0 bridgehead atoms. The summed E-state index contributed by atoms with van der Waals surface area (Å²) in [5.41, 5.74) is 0. The molecule has 21 heavy (non-hydrogen) atoms. The Morgan fingerprint density at radius 2 is 2.14 bits per heavy atom. The van der Waals surface area contributed by atoms with Crippen molar-refractivity contribution in [3.05, 3.63) is 5.82 Å². The summed E-state index contributed by atoms with van der Waals surface area (Å²) >= 11 is 1.70. The third-order valence-corrected chi connectivity index (χ3v) is 4.58. The summed E-state index contributed by atoms with van der Waals surface area (Å²) < 4.78 is 2.38. The fourth-order valence-electron chi connectivity index (χ4n) is 2.88. The first-order valence-corrected chi connectivity index (χ1v) is 8.88. The number of rotatable bonds is 6. The summed E-state index contributed by atoms with van der Waals surface area (Å²) in [6.45, 7) is 0.889. The van der Waals surface area contributed by atoms with Crippen molar-refractivity contribution < 1.29 is 0 Å². The Bertz CT molecular complexity index is 464. The molecular weight excluding hydrogens is 284 g/mol. The Hall–Kier alpha value is -1.24. The minimum Gasteiger partial charge on any atom is -0.359 e. The zero-order valence-electron chi connectivity index (χ0n) is 13.2. The average Bonchev–Trinajstić information content (AvgIpc) is 3.16. The van der Waals surface area contributed by atoms with Crippen LogP contribution in [0.4, 0.5) is 0 Å². The number of thioether (sulfide) groups is 1. The number of aryl methyl sites for hydroxylation is 1. The van der Waals surface area contributed by atoms with Gasteiger partial charge in [-0.1, -0.05) is 24.6 Å². The highest BCUT2D eigenvalue weighted by Gasteiger charge is 2.23. The third-order valence-electron chi connectivity index (χ3n) is 3.94. The molecule has 1 aliphatic carbocycles. The molecule has 1 fully saturated rings. The maximum absolute atomic E-state index is 4.41. The highest BCUT2D eigenvalue weighted by atomic mass is 32.2. The maximum atomic E-state index is 4.41. The molecule has 1 aromatic rings. The molecule has 2 rings (SSSR count). The summed E-state index contributed by atoms with van der Waals surface area (Å²) in [6.07, 6.45) is 9.26. The fraction of sp³-hybridized carbons (Fsp3) is 0.786. The SMILES string of the molecule is CN=C(NC)NCCCc1nnc(SC)n1C1CCCC1. The van der Waals surface area contributed by atoms with Gasteiger partial charge in [0.05, 0.1) is 0 Å². The minimum atomic E-state index is 0.607. The van der Waals surface area contributed by atoms with Crippen molar-refractivity contribution in [2.45, 2.75) is 49.7 Å². The van der Waals surface area contributed by atoms with Crippen LogP contribution in [0, 0.1) is 0 Å². The molecule has 1 aromatic heterocycles. The number of hydrogen-bond donors (Lipinski definition) is 2. The normalized spacial score (nSPS) is 16.4. The summed E-state index contributed by atoms with van der Waals surface area (Å²) in [4.78, 5) is 4.11. The van der Waals surface area contributed by atoms with Crippen LogP contribution in [0.25, 0.3) is 0 Å². The minimum absolute atomic E-state index is 0.607. The monoisotopic (exact) mass is 310 g/mol. The Morgan fingerprint density at radius 3 is 2.76 bits per heavy atom. The van der Waals surface area contributed by atoms with Gasteiger partial charge < -0.3 is 15.2 Å². The highest BCUT2D eigenvalue weighted by molar-refractivity contribution is 7.98. The van der Waals surface area contributed by atoms with E-state index >= 15 is 0 Å². The van der Waals surface area contributed by atoms with Gasteiger partial charge in [0.1, 0.15) is 5.82 Å². The van der Waals surface area contributed by atoms with E-state index in [9.17, 15) is 0 Å². The first-order valence-electron chi connectivity index (χ1n) is 7.66. The molecule has 0 aromatic carbocycles. The first-order chi connectivity index (χ1) is 10.3. The van der Waals surface area contributed by atoms with Crippen LogP contribution in [0.3, 0.4) is 0 Å². The smallest absolute Gasteiger partial charge is 0.191 e. The largest absolute Gasteiger partial charge is 0.359 e. The molecule has 2 N–H and O–H groups in total. The molecule has 0 unspecified atom stereocenters. The van der Waals surface area contributed by atoms with Crippen molar-refractivity contribution in [3.63, 3.8) is 0 Å². The maximum Gasteiger partial charge on any atom is 0.191 e. The second-order valence-electron chi connectivity index (χ2n) is 5.26. The molecule has 0 spiro atoms. The Labute approximate surface area is 131 Å². The van der Waals surface area contributed by atoms with Gasteiger partial charge in [-0.3, -0.25) is 4.99 Å². The predicted molar refractivity (Wildman–Crippen MR) is 88.1 cm³/mol. The van der Waals surface area contributed by atoms with Crippen LogP contribution in [0.2, 0.25) is 0 Å². The molecule has 1 saturated carbocycles. The fourth-order valence-corrected chi connectivity index (χ4v) is 3.45. The molecular formula is C14H26N6S. The van der Waals surface area contributed by atoms with Crippen molar-refractivity contribution in [2.24, 2.45) is 4.99 Å². The van der Waals surface area contributed by atoms with Crippen LogP contribution in [-0.4, -0.2) is 47.6 Å². The quantitative estimate of drug-likeness (QED) is 0.363. The van der Waals surface area contributed by atoms with Gasteiger partial charge in [0.25, 0.3) is 0 Å². The van der Waals surface area contributed by atoms with Gasteiger partial charge in [-0.05, 0) is 25.5 Å². The number of aromatic nitrogens is 3. The molecule has 1 heterocycles. The average molecular weight is 310 g/mol. The number of guanidine groups is 1. The van der Waals surface area contributed by atoms with Crippen LogP contribution in [0.1, 0.15) is 44.0 Å². The van der Waals surface area contributed by atoms with E-state index < -0.39 is 0 Å². The number of hydrogen-bond acceptors (Lipinski definition) is 4. The molecule has 0 aliphatic heterocycles. The summed E-state index contributed by atoms with van der Waals surface area (Å²) in [5, 5.41) is 16.1. The lowest BCUT2D eigenvalue weighted by Crippen LogP contribution is -2.35. The predicted octanol–water partition coefficient (Wildman–Crippen LogP) is 1.84. The third kappa shape index (κ3) is 4.12. The number of nitrogens with zero attached hydrogens (tertiary/aromatic N) is 4. The summed E-state index contributed by atoms with van der Waals surface area (Å²) in [7, 11) is 3.65. The second kappa shape index (κ2) is 8.26. The van der Waals surface area contributed by atoms with E-state index in [1.54, 1.807) is 18.8 Å². The molecule has 6 nitrogen and oxygen atoms in total. The molecule has 1 aliphatic rings. The van der Waals surface area contributed by atoms with Gasteiger partial charge in [-0.25, -0.2) is 0 Å². The number of nitrogens with one attached hydrogen (secondary N) is 2. The lowest BCUT2D eigenvalue weighted by Gasteiger charge is -2.16. The summed E-state index contributed by atoms with van der Waals surface area (Å²) in [5.74, 6) is 1.96. The summed E-state index contributed by atoms with van der Waals surface area (Å²) in [6, 6.07) is 0.607. The van der Waals surface area contributed by atoms with Crippen molar-refractivity contribution >= 4 is 17.7 Å². The standard InChI is InChI=1S/C14H26N6S/c1-15-13(16-2)17-10-6-9-12-18-19-14(21-3)20(12)11-7-4-5-8-11/h11H,4-10H2,1-3H3,(H2,15,16,17). The molecule has 0 radical (unpaired) electrons. The molecule has 7 heteroatoms. The Balaban J connectivity index is 1.92. The van der Waals surface area contributed by atoms with E-state index in [0.717, 1.165) is 36.3 Å². The van der Waals surface area contributed by atoms with Gasteiger partial charge in [0, 0.05) is 33.1 Å². The zero-order valence-corrected chi connectivity index (χ0v) is 14.0. The van der Waals surface area contributed by atoms with Gasteiger partial charge in [-0.15, -0.1) is 10.2 Å². The molecule has 0 saturated heterocycles. The molecule has 118 valence electrons. The lowest BCUT2D eigenvalue weighted by atomic mass is 10.2. The van der Waals surface area contributed by atoms with Gasteiger partial charge in [-0.2, -0.15) is 0 Å². The van der Waals surface area contributed by atoms with Crippen LogP contribution < -0.4 is 10.6 Å². The first kappa shape index (κ1) is 16.1. The van der Waals surface area contributed by atoms with Crippen LogP contribution >= 0.6 is 11.8 Å². The van der Waals surface area contributed by atoms with Crippen molar-refractivity contribution in [1.82, 2.24) is 25.4 Å². The van der Waals surface area contributed by atoms with E-state index in [4.69, 9.17) is 0 Å². The van der Waals surface area contributed by atoms with E-state index in [2.05, 4.69) is 36.6 Å². The van der Waals surface area contributed by atoms with Gasteiger partial charge >= 0.3 is 0 Å². The Morgan fingerprint density at radius 1 is 1.38 bits per heavy atom. The van der Waals surface area contributed by atoms with Crippen molar-refractivity contribution in [3.8, 4) is 0 Å². The van der Waals surface area contributed by atoms with Crippen LogP contribution in [-0.2, 0) is 6.42 Å². The Kier molecular flexibility index (Phi) is 6.35. The van der Waals surface area contributed by atoms with E-state index in [1.165, 1.54) is 25.7 Å². The van der Waals surface area contributed by atoms with Crippen LogP contribution in [0.15, 0.2) is 10.1 Å². The van der Waals surface area contributed by atoms with E-state index in [1.807, 2.05) is 7.05 Å². The van der Waals surface area contributed by atoms with E-state index in [-0.39, 0.29) is 0 Å². The number of aliphatic imine (C=N–C) groups is 1. The lowest BCUT2D eigenvalue weighted by molar-refractivity contribution is 0.460. The van der Waals surface area contributed by atoms with Crippen molar-refractivity contribution in [2.75, 3.05) is 26.9 Å². The van der Waals surface area contributed by atoms with Crippen LogP contribution in [0.5, 0.6) is 0 Å². The topological polar surface area (TPSA) is 67.1 Å². The van der Waals surface area contributed by atoms with Gasteiger partial charge in [0.15, 0.2) is 11.1 Å². The van der Waals surface area contributed by atoms with E-state index in [0.29, 0.717) is 6.04 Å². The van der Waals surface area contributed by atoms with Crippen molar-refractivity contribution in [1.29, 1.82) is 0 Å². The molecule has 0 atom stereocenters. The van der Waals surface area contributed by atoms with Gasteiger partial charge in [0.2, 0.25) is 0 Å². The highest BCUT2D eigenvalue weighted by Crippen LogP contribution is 2.33. The molecule has 0 amide bonds. The zero-order chi connectivity index (χ0) is 15.1.